The van der Waals surface area contributed by atoms with Crippen molar-refractivity contribution in [3.05, 3.63) is 57.0 Å². The van der Waals surface area contributed by atoms with Gasteiger partial charge in [0.25, 0.3) is 5.95 Å². The molecule has 27 heavy (non-hydrogen) atoms. The Morgan fingerprint density at radius 2 is 2.04 bits per heavy atom. The first-order valence-electron chi connectivity index (χ1n) is 8.36. The van der Waals surface area contributed by atoms with E-state index in [-0.39, 0.29) is 0 Å². The Hall–Kier alpha value is -2.32. The number of nitrogens with zero attached hydrogens (tertiary/aromatic N) is 4. The lowest BCUT2D eigenvalue weighted by molar-refractivity contribution is 0.267. The van der Waals surface area contributed by atoms with E-state index < -0.39 is 0 Å². The molecular weight excluding hydrogens is 434 g/mol. The van der Waals surface area contributed by atoms with Crippen molar-refractivity contribution in [2.24, 2.45) is 7.05 Å². The molecule has 0 bridgehead atoms. The van der Waals surface area contributed by atoms with Crippen LogP contribution in [0.25, 0.3) is 0 Å². The van der Waals surface area contributed by atoms with Crippen LogP contribution in [0.5, 0.6) is 11.5 Å². The molecule has 0 atom stereocenters. The molecule has 142 valence electrons. The Kier molecular flexibility index (Phi) is 6.52. The molecule has 0 saturated heterocycles. The maximum absolute atomic E-state index is 6.21. The molecule has 0 aliphatic rings. The van der Waals surface area contributed by atoms with Crippen LogP contribution in [0.3, 0.4) is 0 Å². The molecule has 2 aromatic carbocycles. The van der Waals surface area contributed by atoms with Crippen molar-refractivity contribution >= 4 is 33.5 Å². The summed E-state index contributed by atoms with van der Waals surface area (Å²) in [6.07, 6.45) is 0. The van der Waals surface area contributed by atoms with E-state index in [2.05, 4.69) is 36.7 Å². The van der Waals surface area contributed by atoms with Crippen LogP contribution in [0.1, 0.15) is 18.1 Å². The summed E-state index contributed by atoms with van der Waals surface area (Å²) in [5.74, 6) is 1.76. The summed E-state index contributed by atoms with van der Waals surface area (Å²) in [4.78, 5) is 1.40. The molecule has 1 heterocycles. The molecule has 3 rings (SSSR count). The SMILES string of the molecule is CCOc1cc(CNc2nnn(C)n2)cc(Br)c1OCc1ccccc1Cl. The number of aryl methyl sites for hydroxylation is 1. The highest BCUT2D eigenvalue weighted by Gasteiger charge is 2.14. The first-order chi connectivity index (χ1) is 13.1. The van der Waals surface area contributed by atoms with Gasteiger partial charge < -0.3 is 14.8 Å². The minimum atomic E-state index is 0.347. The van der Waals surface area contributed by atoms with E-state index >= 15 is 0 Å². The van der Waals surface area contributed by atoms with Gasteiger partial charge >= 0.3 is 0 Å². The fraction of sp³-hybridized carbons (Fsp3) is 0.278. The molecule has 1 N–H and O–H groups in total. The van der Waals surface area contributed by atoms with E-state index in [4.69, 9.17) is 21.1 Å². The smallest absolute Gasteiger partial charge is 0.263 e. The Morgan fingerprint density at radius 3 is 2.74 bits per heavy atom. The van der Waals surface area contributed by atoms with Gasteiger partial charge in [0, 0.05) is 17.1 Å². The molecule has 7 nitrogen and oxygen atoms in total. The van der Waals surface area contributed by atoms with Crippen molar-refractivity contribution in [1.82, 2.24) is 20.2 Å². The van der Waals surface area contributed by atoms with Crippen molar-refractivity contribution in [2.45, 2.75) is 20.1 Å². The van der Waals surface area contributed by atoms with Gasteiger partial charge in [0.2, 0.25) is 0 Å². The topological polar surface area (TPSA) is 74.1 Å². The third kappa shape index (κ3) is 5.11. The number of tetrazole rings is 1. The first kappa shape index (κ1) is 19.4. The van der Waals surface area contributed by atoms with Gasteiger partial charge in [-0.15, -0.1) is 5.10 Å². The number of benzene rings is 2. The third-order valence-corrected chi connectivity index (χ3v) is 4.62. The standard InChI is InChI=1S/C18H19BrClN5O2/c1-3-26-16-9-12(10-21-18-22-24-25(2)23-18)8-14(19)17(16)27-11-13-6-4-5-7-15(13)20/h4-9H,3,10-11H2,1-2H3,(H,21,23). The minimum Gasteiger partial charge on any atom is -0.490 e. The largest absolute Gasteiger partial charge is 0.490 e. The van der Waals surface area contributed by atoms with Crippen molar-refractivity contribution in [2.75, 3.05) is 11.9 Å². The van der Waals surface area contributed by atoms with Crippen LogP contribution in [-0.2, 0) is 20.2 Å². The lowest BCUT2D eigenvalue weighted by Gasteiger charge is -2.16. The molecular formula is C18H19BrClN5O2. The summed E-state index contributed by atoms with van der Waals surface area (Å²) in [6.45, 7) is 3.33. The van der Waals surface area contributed by atoms with E-state index in [0.29, 0.717) is 42.2 Å². The van der Waals surface area contributed by atoms with Crippen LogP contribution >= 0.6 is 27.5 Å². The zero-order chi connectivity index (χ0) is 19.2. The molecule has 3 aromatic rings. The Labute approximate surface area is 170 Å². The van der Waals surface area contributed by atoms with E-state index in [1.54, 1.807) is 7.05 Å². The summed E-state index contributed by atoms with van der Waals surface area (Å²) < 4.78 is 12.6. The van der Waals surface area contributed by atoms with Gasteiger partial charge in [0.1, 0.15) is 6.61 Å². The van der Waals surface area contributed by atoms with E-state index in [1.165, 1.54) is 4.80 Å². The number of nitrogens with one attached hydrogen (secondary N) is 1. The molecule has 0 saturated carbocycles. The Morgan fingerprint density at radius 1 is 1.22 bits per heavy atom. The average molecular weight is 453 g/mol. The fourth-order valence-electron chi connectivity index (χ4n) is 2.43. The second-order valence-electron chi connectivity index (χ2n) is 5.67. The number of halogens is 2. The number of aromatic nitrogens is 4. The monoisotopic (exact) mass is 451 g/mol. The normalized spacial score (nSPS) is 10.7. The van der Waals surface area contributed by atoms with Crippen LogP contribution in [0.2, 0.25) is 5.02 Å². The fourth-order valence-corrected chi connectivity index (χ4v) is 3.22. The zero-order valence-electron chi connectivity index (χ0n) is 14.9. The number of anilines is 1. The average Bonchev–Trinajstić information content (AvgIpc) is 3.06. The second-order valence-corrected chi connectivity index (χ2v) is 6.94. The highest BCUT2D eigenvalue weighted by molar-refractivity contribution is 9.10. The number of hydrogen-bond acceptors (Lipinski definition) is 6. The maximum Gasteiger partial charge on any atom is 0.263 e. The van der Waals surface area contributed by atoms with Crippen molar-refractivity contribution in [3.8, 4) is 11.5 Å². The quantitative estimate of drug-likeness (QED) is 0.552. The highest BCUT2D eigenvalue weighted by atomic mass is 79.9. The molecule has 9 heteroatoms. The minimum absolute atomic E-state index is 0.347. The molecule has 0 aliphatic heterocycles. The number of ether oxygens (including phenoxy) is 2. The third-order valence-electron chi connectivity index (χ3n) is 3.66. The maximum atomic E-state index is 6.21. The summed E-state index contributed by atoms with van der Waals surface area (Å²) in [5, 5.41) is 15.6. The van der Waals surface area contributed by atoms with E-state index in [1.807, 2.05) is 43.3 Å². The molecule has 0 spiro atoms. The summed E-state index contributed by atoms with van der Waals surface area (Å²) in [6, 6.07) is 11.5. The van der Waals surface area contributed by atoms with Crippen LogP contribution < -0.4 is 14.8 Å². The van der Waals surface area contributed by atoms with Crippen molar-refractivity contribution in [1.29, 1.82) is 0 Å². The number of rotatable bonds is 8. The zero-order valence-corrected chi connectivity index (χ0v) is 17.3. The summed E-state index contributed by atoms with van der Waals surface area (Å²) >= 11 is 9.78. The Balaban J connectivity index is 1.76. The van der Waals surface area contributed by atoms with Crippen molar-refractivity contribution in [3.63, 3.8) is 0 Å². The predicted octanol–water partition coefficient (Wildman–Crippen LogP) is 4.22. The van der Waals surface area contributed by atoms with Gasteiger partial charge in [-0.2, -0.15) is 4.80 Å². The van der Waals surface area contributed by atoms with Gasteiger partial charge in [-0.1, -0.05) is 34.9 Å². The van der Waals surface area contributed by atoms with Gasteiger partial charge in [0.05, 0.1) is 18.1 Å². The molecule has 0 aliphatic carbocycles. The Bertz CT molecular complexity index is 919. The van der Waals surface area contributed by atoms with Crippen LogP contribution in [0, 0.1) is 0 Å². The van der Waals surface area contributed by atoms with Crippen LogP contribution in [-0.4, -0.2) is 26.8 Å². The van der Waals surface area contributed by atoms with Gasteiger partial charge in [-0.3, -0.25) is 0 Å². The van der Waals surface area contributed by atoms with Crippen LogP contribution in [0.15, 0.2) is 40.9 Å². The lowest BCUT2D eigenvalue weighted by Crippen LogP contribution is -2.05. The number of hydrogen-bond donors (Lipinski definition) is 1. The van der Waals surface area contributed by atoms with E-state index in [9.17, 15) is 0 Å². The first-order valence-corrected chi connectivity index (χ1v) is 9.53. The summed E-state index contributed by atoms with van der Waals surface area (Å²) in [7, 11) is 1.72. The van der Waals surface area contributed by atoms with E-state index in [0.717, 1.165) is 15.6 Å². The van der Waals surface area contributed by atoms with Gasteiger partial charge in [-0.05, 0) is 51.8 Å². The molecule has 0 amide bonds. The van der Waals surface area contributed by atoms with Gasteiger partial charge in [0.15, 0.2) is 11.5 Å². The highest BCUT2D eigenvalue weighted by Crippen LogP contribution is 2.38. The predicted molar refractivity (Wildman–Crippen MR) is 107 cm³/mol. The lowest BCUT2D eigenvalue weighted by atomic mass is 10.2. The van der Waals surface area contributed by atoms with Gasteiger partial charge in [-0.25, -0.2) is 0 Å². The molecule has 0 unspecified atom stereocenters. The second kappa shape index (κ2) is 9.05. The van der Waals surface area contributed by atoms with Crippen LogP contribution in [0.4, 0.5) is 5.95 Å². The summed E-state index contributed by atoms with van der Waals surface area (Å²) in [5.41, 5.74) is 1.90. The van der Waals surface area contributed by atoms with Crippen molar-refractivity contribution < 1.29 is 9.47 Å². The molecule has 0 radical (unpaired) electrons. The molecule has 1 aromatic heterocycles. The molecule has 0 fully saturated rings.